The predicted octanol–water partition coefficient (Wildman–Crippen LogP) is 2.70. The molecule has 0 aliphatic carbocycles. The number of aromatic nitrogens is 3. The fraction of sp³-hybridized carbons (Fsp3) is 0.286. The second-order valence-corrected chi connectivity index (χ2v) is 7.20. The number of aryl methyl sites for hydroxylation is 1. The molecule has 0 amide bonds. The zero-order chi connectivity index (χ0) is 20.7. The minimum atomic E-state index is -0.825. The SMILES string of the molecule is Cc1cc(Oc2ncccc2N2CC(F)C2)ccc1-c1c(C)c(=O)[nH]c(=O)n1C. The van der Waals surface area contributed by atoms with Crippen molar-refractivity contribution in [1.29, 1.82) is 0 Å². The Morgan fingerprint density at radius 2 is 1.97 bits per heavy atom. The van der Waals surface area contributed by atoms with Crippen LogP contribution in [0.4, 0.5) is 10.1 Å². The normalized spacial score (nSPS) is 14.0. The van der Waals surface area contributed by atoms with Crippen molar-refractivity contribution in [2.24, 2.45) is 7.05 Å². The van der Waals surface area contributed by atoms with E-state index in [4.69, 9.17) is 4.74 Å². The van der Waals surface area contributed by atoms with E-state index in [0.29, 0.717) is 36.0 Å². The molecule has 2 aromatic heterocycles. The van der Waals surface area contributed by atoms with Crippen LogP contribution < -0.4 is 20.9 Å². The number of aromatic amines is 1. The van der Waals surface area contributed by atoms with Gasteiger partial charge in [-0.15, -0.1) is 0 Å². The van der Waals surface area contributed by atoms with E-state index in [9.17, 15) is 14.0 Å². The molecule has 1 aliphatic heterocycles. The van der Waals surface area contributed by atoms with E-state index in [-0.39, 0.29) is 0 Å². The summed E-state index contributed by atoms with van der Waals surface area (Å²) in [5, 5.41) is 0. The van der Waals surface area contributed by atoms with Crippen molar-refractivity contribution in [3.8, 4) is 22.9 Å². The number of halogens is 1. The van der Waals surface area contributed by atoms with Crippen molar-refractivity contribution < 1.29 is 9.13 Å². The number of nitrogens with one attached hydrogen (secondary N) is 1. The largest absolute Gasteiger partial charge is 0.437 e. The molecule has 1 aliphatic rings. The maximum Gasteiger partial charge on any atom is 0.328 e. The minimum absolute atomic E-state index is 0.329. The van der Waals surface area contributed by atoms with Gasteiger partial charge < -0.3 is 9.64 Å². The first kappa shape index (κ1) is 18.9. The van der Waals surface area contributed by atoms with Crippen LogP contribution in [0, 0.1) is 13.8 Å². The molecule has 150 valence electrons. The fourth-order valence-corrected chi connectivity index (χ4v) is 3.52. The van der Waals surface area contributed by atoms with Crippen molar-refractivity contribution in [2.45, 2.75) is 20.0 Å². The number of hydrogen-bond donors (Lipinski definition) is 1. The molecule has 0 bridgehead atoms. The minimum Gasteiger partial charge on any atom is -0.437 e. The Morgan fingerprint density at radius 1 is 1.21 bits per heavy atom. The zero-order valence-corrected chi connectivity index (χ0v) is 16.4. The van der Waals surface area contributed by atoms with Crippen LogP contribution in [-0.2, 0) is 7.05 Å². The molecule has 0 unspecified atom stereocenters. The van der Waals surface area contributed by atoms with Crippen LogP contribution >= 0.6 is 0 Å². The average molecular weight is 396 g/mol. The third kappa shape index (κ3) is 3.41. The molecule has 1 fully saturated rings. The average Bonchev–Trinajstić information content (AvgIpc) is 2.66. The molecule has 0 spiro atoms. The van der Waals surface area contributed by atoms with Gasteiger partial charge in [-0.25, -0.2) is 14.2 Å². The second kappa shape index (κ2) is 7.20. The Balaban J connectivity index is 1.69. The monoisotopic (exact) mass is 396 g/mol. The molecule has 4 rings (SSSR count). The third-order valence-corrected chi connectivity index (χ3v) is 5.15. The summed E-state index contributed by atoms with van der Waals surface area (Å²) >= 11 is 0. The number of hydrogen-bond acceptors (Lipinski definition) is 5. The first-order valence-corrected chi connectivity index (χ1v) is 9.28. The van der Waals surface area contributed by atoms with Gasteiger partial charge in [0.25, 0.3) is 5.56 Å². The molecule has 1 saturated heterocycles. The Kier molecular flexibility index (Phi) is 4.70. The highest BCUT2D eigenvalue weighted by Gasteiger charge is 2.29. The number of rotatable bonds is 4. The topological polar surface area (TPSA) is 80.2 Å². The third-order valence-electron chi connectivity index (χ3n) is 5.15. The molecule has 8 heteroatoms. The van der Waals surface area contributed by atoms with Crippen molar-refractivity contribution in [2.75, 3.05) is 18.0 Å². The van der Waals surface area contributed by atoms with Gasteiger partial charge in [-0.05, 0) is 49.7 Å². The molecule has 3 aromatic rings. The Bertz CT molecular complexity index is 1160. The van der Waals surface area contributed by atoms with Gasteiger partial charge in [-0.1, -0.05) is 0 Å². The molecule has 0 radical (unpaired) electrons. The van der Waals surface area contributed by atoms with Gasteiger partial charge in [0.1, 0.15) is 17.6 Å². The van der Waals surface area contributed by atoms with E-state index >= 15 is 0 Å². The number of pyridine rings is 1. The van der Waals surface area contributed by atoms with Crippen LogP contribution in [0.3, 0.4) is 0 Å². The number of nitrogens with zero attached hydrogens (tertiary/aromatic N) is 3. The second-order valence-electron chi connectivity index (χ2n) is 7.20. The number of ether oxygens (including phenoxy) is 1. The highest BCUT2D eigenvalue weighted by atomic mass is 19.1. The van der Waals surface area contributed by atoms with Gasteiger partial charge in [0.15, 0.2) is 0 Å². The van der Waals surface area contributed by atoms with E-state index < -0.39 is 17.4 Å². The van der Waals surface area contributed by atoms with Gasteiger partial charge in [-0.3, -0.25) is 14.3 Å². The van der Waals surface area contributed by atoms with Gasteiger partial charge >= 0.3 is 5.69 Å². The lowest BCUT2D eigenvalue weighted by Gasteiger charge is -2.36. The molecule has 29 heavy (non-hydrogen) atoms. The van der Waals surface area contributed by atoms with Crippen LogP contribution in [-0.4, -0.2) is 33.8 Å². The van der Waals surface area contributed by atoms with E-state index in [1.165, 1.54) is 4.57 Å². The Morgan fingerprint density at radius 3 is 2.66 bits per heavy atom. The number of benzene rings is 1. The zero-order valence-electron chi connectivity index (χ0n) is 16.4. The molecular formula is C21H21FN4O3. The highest BCUT2D eigenvalue weighted by Crippen LogP contribution is 2.35. The summed E-state index contributed by atoms with van der Waals surface area (Å²) < 4.78 is 20.6. The van der Waals surface area contributed by atoms with E-state index in [0.717, 1.165) is 16.8 Å². The van der Waals surface area contributed by atoms with Crippen molar-refractivity contribution >= 4 is 5.69 Å². The number of anilines is 1. The molecule has 0 saturated carbocycles. The summed E-state index contributed by atoms with van der Waals surface area (Å²) in [5.74, 6) is 0.974. The summed E-state index contributed by atoms with van der Waals surface area (Å²) in [6.45, 7) is 4.23. The van der Waals surface area contributed by atoms with Gasteiger partial charge in [-0.2, -0.15) is 0 Å². The smallest absolute Gasteiger partial charge is 0.328 e. The summed E-state index contributed by atoms with van der Waals surface area (Å²) in [6.07, 6.45) is 0.802. The quantitative estimate of drug-likeness (QED) is 0.734. The van der Waals surface area contributed by atoms with Crippen molar-refractivity contribution in [3.05, 3.63) is 68.5 Å². The molecule has 1 aromatic carbocycles. The Hall–Kier alpha value is -3.42. The van der Waals surface area contributed by atoms with Gasteiger partial charge in [0.2, 0.25) is 5.88 Å². The fourth-order valence-electron chi connectivity index (χ4n) is 3.52. The van der Waals surface area contributed by atoms with Crippen LogP contribution in [0.25, 0.3) is 11.3 Å². The summed E-state index contributed by atoms with van der Waals surface area (Å²) in [6, 6.07) is 9.05. The van der Waals surface area contributed by atoms with Crippen molar-refractivity contribution in [1.82, 2.24) is 14.5 Å². The van der Waals surface area contributed by atoms with E-state index in [1.807, 2.05) is 30.0 Å². The van der Waals surface area contributed by atoms with E-state index in [2.05, 4.69) is 9.97 Å². The standard InChI is InChI=1S/C21H21FN4O3/c1-12-9-15(29-20-17(5-4-8-23-20)26-10-14(22)11-26)6-7-16(12)18-13(2)19(27)24-21(28)25(18)3/h4-9,14H,10-11H2,1-3H3,(H,24,27,28). The maximum atomic E-state index is 13.2. The molecule has 0 atom stereocenters. The first-order valence-electron chi connectivity index (χ1n) is 9.28. The first-order chi connectivity index (χ1) is 13.8. The van der Waals surface area contributed by atoms with E-state index in [1.54, 1.807) is 32.3 Å². The van der Waals surface area contributed by atoms with Crippen LogP contribution in [0.15, 0.2) is 46.1 Å². The highest BCUT2D eigenvalue weighted by molar-refractivity contribution is 5.68. The molecule has 7 nitrogen and oxygen atoms in total. The lowest BCUT2D eigenvalue weighted by Crippen LogP contribution is -2.48. The van der Waals surface area contributed by atoms with Gasteiger partial charge in [0.05, 0.1) is 18.8 Å². The number of H-pyrrole nitrogens is 1. The van der Waals surface area contributed by atoms with Gasteiger partial charge in [0, 0.05) is 24.4 Å². The van der Waals surface area contributed by atoms with Crippen molar-refractivity contribution in [3.63, 3.8) is 0 Å². The summed E-state index contributed by atoms with van der Waals surface area (Å²) in [4.78, 5) is 32.5. The molecular weight excluding hydrogens is 375 g/mol. The molecule has 1 N–H and O–H groups in total. The predicted molar refractivity (Wildman–Crippen MR) is 109 cm³/mol. The summed E-state index contributed by atoms with van der Waals surface area (Å²) in [5.41, 5.74) is 2.53. The van der Waals surface area contributed by atoms with Crippen LogP contribution in [0.1, 0.15) is 11.1 Å². The van der Waals surface area contributed by atoms with Crippen LogP contribution in [0.2, 0.25) is 0 Å². The van der Waals surface area contributed by atoms with Crippen LogP contribution in [0.5, 0.6) is 11.6 Å². The summed E-state index contributed by atoms with van der Waals surface area (Å²) in [7, 11) is 1.62. The Labute approximate surface area is 166 Å². The lowest BCUT2D eigenvalue weighted by atomic mass is 10.0. The molecule has 3 heterocycles. The number of alkyl halides is 1. The maximum absolute atomic E-state index is 13.2. The lowest BCUT2D eigenvalue weighted by molar-refractivity contribution is 0.273.